The summed E-state index contributed by atoms with van der Waals surface area (Å²) >= 11 is 1.32. The quantitative estimate of drug-likeness (QED) is 0.806. The summed E-state index contributed by atoms with van der Waals surface area (Å²) < 4.78 is 44.4. The van der Waals surface area contributed by atoms with Gasteiger partial charge in [0.15, 0.2) is 5.17 Å². The topological polar surface area (TPSA) is 50.7 Å². The summed E-state index contributed by atoms with van der Waals surface area (Å²) in [4.78, 5) is 16.9. The minimum absolute atomic E-state index is 0.102. The number of rotatable bonds is 4. The van der Waals surface area contributed by atoms with Crippen molar-refractivity contribution in [1.82, 2.24) is 5.32 Å². The molecular formula is C19H23F3N2O2S. The van der Waals surface area contributed by atoms with Crippen molar-refractivity contribution in [2.75, 3.05) is 13.2 Å². The van der Waals surface area contributed by atoms with Crippen molar-refractivity contribution < 1.29 is 22.7 Å². The number of carbonyl (C=O) groups excluding carboxylic acids is 1. The van der Waals surface area contributed by atoms with Gasteiger partial charge in [-0.05, 0) is 50.7 Å². The summed E-state index contributed by atoms with van der Waals surface area (Å²) in [6.45, 7) is 4.90. The number of hydrogen-bond donors (Lipinski definition) is 1. The molecule has 2 heterocycles. The fraction of sp³-hybridized carbons (Fsp3) is 0.579. The maximum Gasteiger partial charge on any atom is 0.416 e. The molecule has 1 aromatic carbocycles. The number of halogens is 3. The Balaban J connectivity index is 1.75. The Labute approximate surface area is 161 Å². The molecular weight excluding hydrogens is 377 g/mol. The van der Waals surface area contributed by atoms with Gasteiger partial charge in [0.25, 0.3) is 0 Å². The number of hydrogen-bond acceptors (Lipinski definition) is 4. The average molecular weight is 400 g/mol. The van der Waals surface area contributed by atoms with Crippen LogP contribution in [0.3, 0.4) is 0 Å². The minimum atomic E-state index is -4.44. The van der Waals surface area contributed by atoms with Gasteiger partial charge < -0.3 is 10.1 Å². The molecule has 2 fully saturated rings. The number of nitrogens with one attached hydrogen (secondary N) is 1. The van der Waals surface area contributed by atoms with Gasteiger partial charge in [-0.15, -0.1) is 0 Å². The first kappa shape index (κ1) is 20.2. The SMILES string of the molecule is C[C@H](N=C1NC(=O)[C@](C)(CC2CCOCC2)S1)c1ccccc1C(F)(F)F. The zero-order chi connectivity index (χ0) is 19.7. The van der Waals surface area contributed by atoms with E-state index < -0.39 is 22.5 Å². The van der Waals surface area contributed by atoms with E-state index in [4.69, 9.17) is 4.74 Å². The zero-order valence-corrected chi connectivity index (χ0v) is 16.1. The maximum absolute atomic E-state index is 13.2. The van der Waals surface area contributed by atoms with Crippen LogP contribution in [0.4, 0.5) is 13.2 Å². The molecule has 1 amide bonds. The number of carbonyl (C=O) groups is 1. The second-order valence-electron chi connectivity index (χ2n) is 7.24. The van der Waals surface area contributed by atoms with Gasteiger partial charge >= 0.3 is 6.18 Å². The largest absolute Gasteiger partial charge is 0.416 e. The highest BCUT2D eigenvalue weighted by molar-refractivity contribution is 8.16. The van der Waals surface area contributed by atoms with Crippen LogP contribution in [0.25, 0.3) is 0 Å². The predicted octanol–water partition coefficient (Wildman–Crippen LogP) is 4.56. The molecule has 1 N–H and O–H groups in total. The van der Waals surface area contributed by atoms with Crippen LogP contribution in [0.2, 0.25) is 0 Å². The number of aliphatic imine (C=N–C) groups is 1. The lowest BCUT2D eigenvalue weighted by Gasteiger charge is -2.28. The summed E-state index contributed by atoms with van der Waals surface area (Å²) in [7, 11) is 0. The number of thioether (sulfide) groups is 1. The van der Waals surface area contributed by atoms with Gasteiger partial charge in [0.05, 0.1) is 16.4 Å². The highest BCUT2D eigenvalue weighted by Crippen LogP contribution is 2.41. The van der Waals surface area contributed by atoms with Crippen LogP contribution in [0.1, 0.15) is 50.3 Å². The number of nitrogens with zero attached hydrogens (tertiary/aromatic N) is 1. The second-order valence-corrected chi connectivity index (χ2v) is 8.73. The summed E-state index contributed by atoms with van der Waals surface area (Å²) in [6.07, 6.45) is -1.88. The van der Waals surface area contributed by atoms with Crippen LogP contribution < -0.4 is 5.32 Å². The van der Waals surface area contributed by atoms with Crippen molar-refractivity contribution in [3.8, 4) is 0 Å². The first-order chi connectivity index (χ1) is 12.7. The van der Waals surface area contributed by atoms with Crippen molar-refractivity contribution >= 4 is 22.8 Å². The second kappa shape index (κ2) is 7.83. The highest BCUT2D eigenvalue weighted by atomic mass is 32.2. The fourth-order valence-electron chi connectivity index (χ4n) is 3.57. The lowest BCUT2D eigenvalue weighted by Crippen LogP contribution is -2.36. The molecule has 0 radical (unpaired) electrons. The van der Waals surface area contributed by atoms with Crippen LogP contribution in [-0.4, -0.2) is 29.0 Å². The van der Waals surface area contributed by atoms with E-state index in [1.54, 1.807) is 13.0 Å². The van der Waals surface area contributed by atoms with Gasteiger partial charge in [-0.25, -0.2) is 0 Å². The summed E-state index contributed by atoms with van der Waals surface area (Å²) in [5, 5.41) is 3.14. The van der Waals surface area contributed by atoms with E-state index >= 15 is 0 Å². The first-order valence-corrected chi connectivity index (χ1v) is 9.83. The van der Waals surface area contributed by atoms with Gasteiger partial charge in [-0.3, -0.25) is 9.79 Å². The third-order valence-electron chi connectivity index (χ3n) is 5.07. The van der Waals surface area contributed by atoms with Crippen LogP contribution >= 0.6 is 11.8 Å². The van der Waals surface area contributed by atoms with E-state index in [0.717, 1.165) is 18.9 Å². The predicted molar refractivity (Wildman–Crippen MR) is 99.6 cm³/mol. The van der Waals surface area contributed by atoms with Crippen molar-refractivity contribution in [2.24, 2.45) is 10.9 Å². The molecule has 0 bridgehead atoms. The summed E-state index contributed by atoms with van der Waals surface area (Å²) in [5.74, 6) is 0.277. The molecule has 27 heavy (non-hydrogen) atoms. The number of amidine groups is 1. The Bertz CT molecular complexity index is 732. The zero-order valence-electron chi connectivity index (χ0n) is 15.3. The molecule has 148 valence electrons. The standard InChI is InChI=1S/C19H23F3N2O2S/c1-12(14-5-3-4-6-15(14)19(20,21)22)23-17-24-16(25)18(2,27-17)11-13-7-9-26-10-8-13/h3-6,12-13H,7-11H2,1-2H3,(H,23,24,25)/t12-,18-/m0/s1. The number of amides is 1. The minimum Gasteiger partial charge on any atom is -0.381 e. The Morgan fingerprint density at radius 2 is 2.00 bits per heavy atom. The molecule has 3 rings (SSSR count). The number of alkyl halides is 3. The third kappa shape index (κ3) is 4.66. The Kier molecular flexibility index (Phi) is 5.86. The average Bonchev–Trinajstić information content (AvgIpc) is 2.88. The third-order valence-corrected chi connectivity index (χ3v) is 6.27. The Morgan fingerprint density at radius 3 is 2.67 bits per heavy atom. The van der Waals surface area contributed by atoms with Crippen LogP contribution in [0.15, 0.2) is 29.3 Å². The summed E-state index contributed by atoms with van der Waals surface area (Å²) in [6, 6.07) is 4.71. The van der Waals surface area contributed by atoms with E-state index in [0.29, 0.717) is 30.7 Å². The van der Waals surface area contributed by atoms with E-state index in [9.17, 15) is 18.0 Å². The first-order valence-electron chi connectivity index (χ1n) is 9.01. The molecule has 4 nitrogen and oxygen atoms in total. The van der Waals surface area contributed by atoms with Crippen molar-refractivity contribution in [2.45, 2.75) is 50.1 Å². The molecule has 0 aliphatic carbocycles. The Morgan fingerprint density at radius 1 is 1.33 bits per heavy atom. The van der Waals surface area contributed by atoms with E-state index in [1.807, 2.05) is 6.92 Å². The lowest BCUT2D eigenvalue weighted by atomic mass is 9.89. The van der Waals surface area contributed by atoms with Crippen LogP contribution in [0.5, 0.6) is 0 Å². The van der Waals surface area contributed by atoms with Crippen molar-refractivity contribution in [3.05, 3.63) is 35.4 Å². The molecule has 0 saturated carbocycles. The van der Waals surface area contributed by atoms with Crippen LogP contribution in [-0.2, 0) is 15.7 Å². The fourth-order valence-corrected chi connectivity index (χ4v) is 4.82. The van der Waals surface area contributed by atoms with Gasteiger partial charge in [0, 0.05) is 13.2 Å². The normalized spacial score (nSPS) is 27.0. The smallest absolute Gasteiger partial charge is 0.381 e. The number of benzene rings is 1. The van der Waals surface area contributed by atoms with Crippen molar-refractivity contribution in [3.63, 3.8) is 0 Å². The van der Waals surface area contributed by atoms with Gasteiger partial charge in [0.1, 0.15) is 0 Å². The van der Waals surface area contributed by atoms with Gasteiger partial charge in [0.2, 0.25) is 5.91 Å². The molecule has 0 spiro atoms. The molecule has 2 atom stereocenters. The van der Waals surface area contributed by atoms with Gasteiger partial charge in [-0.1, -0.05) is 30.0 Å². The van der Waals surface area contributed by atoms with Gasteiger partial charge in [-0.2, -0.15) is 13.2 Å². The Hall–Kier alpha value is -1.54. The van der Waals surface area contributed by atoms with E-state index in [1.165, 1.54) is 23.9 Å². The number of ether oxygens (including phenoxy) is 1. The molecule has 0 aromatic heterocycles. The maximum atomic E-state index is 13.2. The van der Waals surface area contributed by atoms with E-state index in [2.05, 4.69) is 10.3 Å². The molecule has 0 unspecified atom stereocenters. The molecule has 1 aromatic rings. The summed E-state index contributed by atoms with van der Waals surface area (Å²) in [5.41, 5.74) is -0.591. The molecule has 2 aliphatic heterocycles. The molecule has 8 heteroatoms. The van der Waals surface area contributed by atoms with Crippen molar-refractivity contribution in [1.29, 1.82) is 0 Å². The lowest BCUT2D eigenvalue weighted by molar-refractivity contribution is -0.138. The molecule has 2 aliphatic rings. The van der Waals surface area contributed by atoms with Crippen LogP contribution in [0, 0.1) is 5.92 Å². The highest BCUT2D eigenvalue weighted by Gasteiger charge is 2.44. The monoisotopic (exact) mass is 400 g/mol. The van der Waals surface area contributed by atoms with E-state index in [-0.39, 0.29) is 11.5 Å². The molecule has 2 saturated heterocycles.